The molecule has 1 amide bonds. The first-order valence-corrected chi connectivity index (χ1v) is 9.49. The second-order valence-corrected chi connectivity index (χ2v) is 7.55. The maximum absolute atomic E-state index is 12.6. The minimum absolute atomic E-state index is 0.0711. The van der Waals surface area contributed by atoms with Gasteiger partial charge in [0.2, 0.25) is 0 Å². The highest BCUT2D eigenvalue weighted by atomic mass is 16.1. The average molecular weight is 362 g/mol. The van der Waals surface area contributed by atoms with Gasteiger partial charge in [0.1, 0.15) is 11.3 Å². The fourth-order valence-corrected chi connectivity index (χ4v) is 3.69. The van der Waals surface area contributed by atoms with E-state index in [1.165, 1.54) is 12.8 Å². The Morgan fingerprint density at radius 1 is 1.19 bits per heavy atom. The number of anilines is 1. The molecule has 1 saturated carbocycles. The third-order valence-corrected chi connectivity index (χ3v) is 5.42. The number of aryl methyl sites for hydroxylation is 1. The van der Waals surface area contributed by atoms with Crippen molar-refractivity contribution in [3.8, 4) is 0 Å². The van der Waals surface area contributed by atoms with Crippen LogP contribution in [0.4, 0.5) is 5.82 Å². The summed E-state index contributed by atoms with van der Waals surface area (Å²) in [7, 11) is 0. The Bertz CT molecular complexity index is 985. The summed E-state index contributed by atoms with van der Waals surface area (Å²) >= 11 is 0. The highest BCUT2D eigenvalue weighted by molar-refractivity contribution is 5.94. The number of rotatable bonds is 5. The number of carbonyl (C=O) groups excluding carboxylic acids is 1. The van der Waals surface area contributed by atoms with E-state index in [1.807, 2.05) is 35.7 Å². The summed E-state index contributed by atoms with van der Waals surface area (Å²) in [6.45, 7) is 4.31. The normalized spacial score (nSPS) is 17.1. The minimum atomic E-state index is -0.0711. The van der Waals surface area contributed by atoms with E-state index in [2.05, 4.69) is 37.5 Å². The summed E-state index contributed by atoms with van der Waals surface area (Å²) in [5, 5.41) is 11.8. The van der Waals surface area contributed by atoms with Crippen LogP contribution in [0.3, 0.4) is 0 Å². The molecule has 27 heavy (non-hydrogen) atoms. The van der Waals surface area contributed by atoms with Gasteiger partial charge < -0.3 is 10.2 Å². The monoisotopic (exact) mass is 362 g/mol. The number of hydrogen-bond donors (Lipinski definition) is 1. The molecular weight excluding hydrogens is 340 g/mol. The summed E-state index contributed by atoms with van der Waals surface area (Å²) in [5.74, 6) is 1.92. The molecule has 1 N–H and O–H groups in total. The number of aromatic nitrogens is 4. The van der Waals surface area contributed by atoms with Crippen molar-refractivity contribution >= 4 is 17.4 Å². The maximum atomic E-state index is 12.6. The van der Waals surface area contributed by atoms with Gasteiger partial charge in [0.25, 0.3) is 5.91 Å². The molecular formula is C20H22N6O. The molecule has 0 unspecified atom stereocenters. The van der Waals surface area contributed by atoms with Crippen LogP contribution in [-0.4, -0.2) is 45.1 Å². The first-order valence-electron chi connectivity index (χ1n) is 9.49. The molecule has 0 aromatic carbocycles. The molecule has 0 radical (unpaired) electrons. The Morgan fingerprint density at radius 3 is 2.78 bits per heavy atom. The average Bonchev–Trinajstić information content (AvgIpc) is 3.43. The predicted octanol–water partition coefficient (Wildman–Crippen LogP) is 2.18. The molecule has 1 aliphatic heterocycles. The van der Waals surface area contributed by atoms with Gasteiger partial charge in [-0.3, -0.25) is 9.20 Å². The molecule has 5 rings (SSSR count). The van der Waals surface area contributed by atoms with Crippen molar-refractivity contribution in [3.63, 3.8) is 0 Å². The lowest BCUT2D eigenvalue weighted by molar-refractivity contribution is 0.0938. The first kappa shape index (κ1) is 16.2. The molecule has 1 saturated heterocycles. The largest absolute Gasteiger partial charge is 0.354 e. The Hall–Kier alpha value is -2.96. The second kappa shape index (κ2) is 6.33. The van der Waals surface area contributed by atoms with Crippen molar-refractivity contribution in [2.24, 2.45) is 5.92 Å². The highest BCUT2D eigenvalue weighted by Crippen LogP contribution is 2.38. The SMILES string of the molecule is Cc1nc2ccccn2c1C(=O)NCC1CN(c2ccc(C3CC3)nn2)C1. The van der Waals surface area contributed by atoms with Crippen LogP contribution in [0.25, 0.3) is 5.65 Å². The van der Waals surface area contributed by atoms with Gasteiger partial charge in [-0.25, -0.2) is 4.98 Å². The summed E-state index contributed by atoms with van der Waals surface area (Å²) < 4.78 is 1.84. The second-order valence-electron chi connectivity index (χ2n) is 7.55. The van der Waals surface area contributed by atoms with Gasteiger partial charge in [-0.15, -0.1) is 5.10 Å². The van der Waals surface area contributed by atoms with E-state index in [0.717, 1.165) is 35.9 Å². The van der Waals surface area contributed by atoms with Gasteiger partial charge in [0.15, 0.2) is 5.82 Å². The van der Waals surface area contributed by atoms with Crippen molar-refractivity contribution in [1.82, 2.24) is 24.9 Å². The third kappa shape index (κ3) is 3.03. The van der Waals surface area contributed by atoms with Gasteiger partial charge in [-0.05, 0) is 44.0 Å². The van der Waals surface area contributed by atoms with Crippen LogP contribution in [0.5, 0.6) is 0 Å². The lowest BCUT2D eigenvalue weighted by atomic mass is 10.00. The van der Waals surface area contributed by atoms with E-state index in [1.54, 1.807) is 0 Å². The quantitative estimate of drug-likeness (QED) is 0.753. The van der Waals surface area contributed by atoms with Crippen molar-refractivity contribution in [2.75, 3.05) is 24.5 Å². The van der Waals surface area contributed by atoms with Crippen molar-refractivity contribution in [2.45, 2.75) is 25.7 Å². The number of fused-ring (bicyclic) bond motifs is 1. The Labute approximate surface area is 157 Å². The molecule has 2 aliphatic rings. The number of amides is 1. The molecule has 0 bridgehead atoms. The zero-order chi connectivity index (χ0) is 18.4. The van der Waals surface area contributed by atoms with Crippen LogP contribution in [0, 0.1) is 12.8 Å². The molecule has 7 heteroatoms. The van der Waals surface area contributed by atoms with Crippen molar-refractivity contribution in [3.05, 3.63) is 53.6 Å². The molecule has 1 aliphatic carbocycles. The van der Waals surface area contributed by atoms with Crippen LogP contribution in [0.15, 0.2) is 36.5 Å². The highest BCUT2D eigenvalue weighted by Gasteiger charge is 2.30. The van der Waals surface area contributed by atoms with Crippen LogP contribution in [-0.2, 0) is 0 Å². The van der Waals surface area contributed by atoms with Crippen LogP contribution in [0.1, 0.15) is 40.6 Å². The van der Waals surface area contributed by atoms with Crippen molar-refractivity contribution in [1.29, 1.82) is 0 Å². The maximum Gasteiger partial charge on any atom is 0.270 e. The molecule has 2 fully saturated rings. The molecule has 4 heterocycles. The Kier molecular flexibility index (Phi) is 3.81. The van der Waals surface area contributed by atoms with Gasteiger partial charge in [-0.1, -0.05) is 6.07 Å². The lowest BCUT2D eigenvalue weighted by Gasteiger charge is -2.39. The van der Waals surface area contributed by atoms with Crippen LogP contribution in [0.2, 0.25) is 0 Å². The number of nitrogens with zero attached hydrogens (tertiary/aromatic N) is 5. The number of hydrogen-bond acceptors (Lipinski definition) is 5. The number of nitrogens with one attached hydrogen (secondary N) is 1. The summed E-state index contributed by atoms with van der Waals surface area (Å²) in [6, 6.07) is 9.90. The topological polar surface area (TPSA) is 75.4 Å². The third-order valence-electron chi connectivity index (χ3n) is 5.42. The molecule has 138 valence electrons. The standard InChI is InChI=1S/C20H22N6O/c1-13-19(26-9-3-2-4-17(26)22-13)20(27)21-10-14-11-25(12-14)18-8-7-16(23-24-18)15-5-6-15/h2-4,7-9,14-15H,5-6,10-12H2,1H3,(H,21,27). The van der Waals surface area contributed by atoms with Crippen LogP contribution >= 0.6 is 0 Å². The Morgan fingerprint density at radius 2 is 2.04 bits per heavy atom. The Balaban J connectivity index is 1.17. The van der Waals surface area contributed by atoms with Gasteiger partial charge in [-0.2, -0.15) is 5.10 Å². The zero-order valence-corrected chi connectivity index (χ0v) is 15.3. The molecule has 0 spiro atoms. The number of carbonyl (C=O) groups is 1. The van der Waals surface area contributed by atoms with E-state index in [4.69, 9.17) is 0 Å². The fourth-order valence-electron chi connectivity index (χ4n) is 3.69. The van der Waals surface area contributed by atoms with Crippen molar-refractivity contribution < 1.29 is 4.79 Å². The number of imidazole rings is 1. The summed E-state index contributed by atoms with van der Waals surface area (Å²) in [5.41, 5.74) is 3.28. The molecule has 0 atom stereocenters. The number of pyridine rings is 1. The van der Waals surface area contributed by atoms with E-state index in [9.17, 15) is 4.79 Å². The van der Waals surface area contributed by atoms with Crippen LogP contribution < -0.4 is 10.2 Å². The lowest BCUT2D eigenvalue weighted by Crippen LogP contribution is -2.52. The predicted molar refractivity (Wildman–Crippen MR) is 102 cm³/mol. The minimum Gasteiger partial charge on any atom is -0.354 e. The summed E-state index contributed by atoms with van der Waals surface area (Å²) in [4.78, 5) is 19.3. The van der Waals surface area contributed by atoms with Gasteiger partial charge in [0.05, 0.1) is 11.4 Å². The molecule has 7 nitrogen and oxygen atoms in total. The molecule has 3 aromatic rings. The van der Waals surface area contributed by atoms with E-state index >= 15 is 0 Å². The van der Waals surface area contributed by atoms with E-state index in [0.29, 0.717) is 24.1 Å². The molecule has 3 aromatic heterocycles. The zero-order valence-electron chi connectivity index (χ0n) is 15.3. The van der Waals surface area contributed by atoms with E-state index < -0.39 is 0 Å². The summed E-state index contributed by atoms with van der Waals surface area (Å²) in [6.07, 6.45) is 4.36. The fraction of sp³-hybridized carbons (Fsp3) is 0.400. The van der Waals surface area contributed by atoms with Gasteiger partial charge >= 0.3 is 0 Å². The smallest absolute Gasteiger partial charge is 0.270 e. The first-order chi connectivity index (χ1) is 13.2. The van der Waals surface area contributed by atoms with E-state index in [-0.39, 0.29) is 5.91 Å². The van der Waals surface area contributed by atoms with Gasteiger partial charge in [0, 0.05) is 37.7 Å².